The van der Waals surface area contributed by atoms with E-state index < -0.39 is 7.60 Å². The van der Waals surface area contributed by atoms with Crippen LogP contribution in [-0.4, -0.2) is 48.6 Å². The number of hydrogen-bond acceptors (Lipinski definition) is 6. The summed E-state index contributed by atoms with van der Waals surface area (Å²) < 4.78 is 21.4. The lowest BCUT2D eigenvalue weighted by Crippen LogP contribution is -2.11. The predicted molar refractivity (Wildman–Crippen MR) is 53.8 cm³/mol. The van der Waals surface area contributed by atoms with E-state index in [-0.39, 0.29) is 44.8 Å². The molecule has 0 aromatic carbocycles. The van der Waals surface area contributed by atoms with Gasteiger partial charge >= 0.3 is 7.60 Å². The number of hydrogen-bond donors (Lipinski definition) is 2. The highest BCUT2D eigenvalue weighted by Gasteiger charge is 2.27. The highest BCUT2D eigenvalue weighted by atomic mass is 31.2. The molecule has 15 heavy (non-hydrogen) atoms. The van der Waals surface area contributed by atoms with Crippen molar-refractivity contribution in [2.45, 2.75) is 13.3 Å². The number of aliphatic hydroxyl groups is 2. The van der Waals surface area contributed by atoms with Crippen molar-refractivity contribution in [3.63, 3.8) is 0 Å². The Balaban J connectivity index is 4.26. The minimum atomic E-state index is -3.49. The Bertz CT molecular complexity index is 217. The molecule has 0 aliphatic rings. The standard InChI is InChI=1S/C8H17O6P/c1-2-8(11)7-15(12,13-5-3-9)14-6-4-10/h9-10H,2-7H2,1H3. The van der Waals surface area contributed by atoms with Gasteiger partial charge in [-0.05, 0) is 0 Å². The monoisotopic (exact) mass is 240 g/mol. The van der Waals surface area contributed by atoms with Gasteiger partial charge in [-0.25, -0.2) is 0 Å². The zero-order chi connectivity index (χ0) is 11.7. The van der Waals surface area contributed by atoms with Crippen LogP contribution in [0.3, 0.4) is 0 Å². The first kappa shape index (κ1) is 14.7. The summed E-state index contributed by atoms with van der Waals surface area (Å²) in [5, 5.41) is 17.0. The van der Waals surface area contributed by atoms with Gasteiger partial charge < -0.3 is 19.3 Å². The zero-order valence-corrected chi connectivity index (χ0v) is 9.61. The summed E-state index contributed by atoms with van der Waals surface area (Å²) in [4.78, 5) is 11.1. The molecule has 0 saturated carbocycles. The van der Waals surface area contributed by atoms with Crippen molar-refractivity contribution in [3.05, 3.63) is 0 Å². The fourth-order valence-corrected chi connectivity index (χ4v) is 2.45. The lowest BCUT2D eigenvalue weighted by atomic mass is 10.4. The number of ketones is 1. The first-order chi connectivity index (χ1) is 7.08. The Labute approximate surface area is 88.7 Å². The third kappa shape index (κ3) is 6.76. The van der Waals surface area contributed by atoms with Crippen LogP contribution in [-0.2, 0) is 18.4 Å². The maximum Gasteiger partial charge on any atom is 0.338 e. The van der Waals surface area contributed by atoms with Crippen LogP contribution in [0.15, 0.2) is 0 Å². The van der Waals surface area contributed by atoms with Gasteiger partial charge in [-0.3, -0.25) is 9.36 Å². The summed E-state index contributed by atoms with van der Waals surface area (Å²) in [7, 11) is -3.49. The van der Waals surface area contributed by atoms with Gasteiger partial charge in [0.1, 0.15) is 11.9 Å². The molecule has 0 atom stereocenters. The van der Waals surface area contributed by atoms with Crippen molar-refractivity contribution in [1.29, 1.82) is 0 Å². The average molecular weight is 240 g/mol. The van der Waals surface area contributed by atoms with Gasteiger partial charge in [-0.1, -0.05) is 6.92 Å². The molecule has 7 heteroatoms. The minimum Gasteiger partial charge on any atom is -0.394 e. The normalized spacial score (nSPS) is 11.7. The molecule has 2 N–H and O–H groups in total. The van der Waals surface area contributed by atoms with E-state index in [9.17, 15) is 9.36 Å². The molecular formula is C8H17O6P. The van der Waals surface area contributed by atoms with E-state index in [1.54, 1.807) is 6.92 Å². The predicted octanol–water partition coefficient (Wildman–Crippen LogP) is 0.176. The molecule has 0 spiro atoms. The van der Waals surface area contributed by atoms with E-state index in [4.69, 9.17) is 19.3 Å². The fourth-order valence-electron chi connectivity index (χ4n) is 0.816. The molecule has 0 saturated heterocycles. The molecule has 0 unspecified atom stereocenters. The summed E-state index contributed by atoms with van der Waals surface area (Å²) in [6, 6.07) is 0. The van der Waals surface area contributed by atoms with Crippen LogP contribution < -0.4 is 0 Å². The van der Waals surface area contributed by atoms with E-state index in [0.717, 1.165) is 0 Å². The molecule has 0 fully saturated rings. The molecule has 0 aliphatic carbocycles. The molecule has 0 bridgehead atoms. The molecule has 0 aliphatic heterocycles. The topological polar surface area (TPSA) is 93.1 Å². The molecular weight excluding hydrogens is 223 g/mol. The third-order valence-electron chi connectivity index (χ3n) is 1.52. The van der Waals surface area contributed by atoms with Gasteiger partial charge in [0, 0.05) is 6.42 Å². The highest BCUT2D eigenvalue weighted by molar-refractivity contribution is 7.54. The van der Waals surface area contributed by atoms with Gasteiger partial charge in [-0.2, -0.15) is 0 Å². The van der Waals surface area contributed by atoms with Gasteiger partial charge in [0.15, 0.2) is 0 Å². The van der Waals surface area contributed by atoms with Gasteiger partial charge in [0.2, 0.25) is 0 Å². The van der Waals surface area contributed by atoms with Crippen LogP contribution >= 0.6 is 7.60 Å². The number of carbonyl (C=O) groups excluding carboxylic acids is 1. The Hall–Kier alpha value is -0.260. The molecule has 0 aromatic rings. The van der Waals surface area contributed by atoms with Crippen LogP contribution in [0.25, 0.3) is 0 Å². The first-order valence-corrected chi connectivity index (χ1v) is 6.42. The van der Waals surface area contributed by atoms with Crippen molar-refractivity contribution in [2.75, 3.05) is 32.6 Å². The fraction of sp³-hybridized carbons (Fsp3) is 0.875. The Morgan fingerprint density at radius 2 is 1.67 bits per heavy atom. The molecule has 0 amide bonds. The highest BCUT2D eigenvalue weighted by Crippen LogP contribution is 2.47. The van der Waals surface area contributed by atoms with E-state index in [2.05, 4.69) is 0 Å². The van der Waals surface area contributed by atoms with Crippen LogP contribution in [0.1, 0.15) is 13.3 Å². The van der Waals surface area contributed by atoms with Crippen molar-refractivity contribution >= 4 is 13.4 Å². The van der Waals surface area contributed by atoms with E-state index >= 15 is 0 Å². The second kappa shape index (κ2) is 7.96. The summed E-state index contributed by atoms with van der Waals surface area (Å²) in [6.07, 6.45) is -0.0710. The summed E-state index contributed by atoms with van der Waals surface area (Å²) in [5.74, 6) is -0.241. The Kier molecular flexibility index (Phi) is 7.82. The van der Waals surface area contributed by atoms with Gasteiger partial charge in [-0.15, -0.1) is 0 Å². The van der Waals surface area contributed by atoms with Crippen LogP contribution in [0.4, 0.5) is 0 Å². The van der Waals surface area contributed by atoms with E-state index in [1.165, 1.54) is 0 Å². The molecule has 0 radical (unpaired) electrons. The molecule has 0 aromatic heterocycles. The lowest BCUT2D eigenvalue weighted by molar-refractivity contribution is -0.116. The van der Waals surface area contributed by atoms with E-state index in [0.29, 0.717) is 0 Å². The molecule has 0 heterocycles. The summed E-state index contributed by atoms with van der Waals surface area (Å²) in [5.41, 5.74) is 0. The first-order valence-electron chi connectivity index (χ1n) is 4.69. The lowest BCUT2D eigenvalue weighted by Gasteiger charge is -2.16. The number of Topliss-reactive ketones (excluding diaryl/α,β-unsaturated/α-hetero) is 1. The van der Waals surface area contributed by atoms with Crippen molar-refractivity contribution in [3.8, 4) is 0 Å². The van der Waals surface area contributed by atoms with Crippen LogP contribution in [0, 0.1) is 0 Å². The van der Waals surface area contributed by atoms with Gasteiger partial charge in [0.05, 0.1) is 26.4 Å². The third-order valence-corrected chi connectivity index (χ3v) is 3.41. The smallest absolute Gasteiger partial charge is 0.338 e. The number of rotatable bonds is 9. The van der Waals surface area contributed by atoms with Crippen molar-refractivity contribution in [1.82, 2.24) is 0 Å². The average Bonchev–Trinajstić information content (AvgIpc) is 2.23. The second-order valence-corrected chi connectivity index (χ2v) is 4.83. The molecule has 6 nitrogen and oxygen atoms in total. The quantitative estimate of drug-likeness (QED) is 0.558. The summed E-state index contributed by atoms with van der Waals surface area (Å²) >= 11 is 0. The number of aliphatic hydroxyl groups excluding tert-OH is 2. The molecule has 90 valence electrons. The van der Waals surface area contributed by atoms with Crippen LogP contribution in [0.2, 0.25) is 0 Å². The van der Waals surface area contributed by atoms with Crippen LogP contribution in [0.5, 0.6) is 0 Å². The van der Waals surface area contributed by atoms with Crippen molar-refractivity contribution in [2.24, 2.45) is 0 Å². The maximum absolute atomic E-state index is 11.8. The van der Waals surface area contributed by atoms with Crippen molar-refractivity contribution < 1.29 is 28.6 Å². The Morgan fingerprint density at radius 1 is 1.20 bits per heavy atom. The minimum absolute atomic E-state index is 0.153. The van der Waals surface area contributed by atoms with Gasteiger partial charge in [0.25, 0.3) is 0 Å². The molecule has 0 rings (SSSR count). The maximum atomic E-state index is 11.8. The number of carbonyl (C=O) groups is 1. The zero-order valence-electron chi connectivity index (χ0n) is 8.72. The van der Waals surface area contributed by atoms with E-state index in [1.807, 2.05) is 0 Å². The largest absolute Gasteiger partial charge is 0.394 e. The Morgan fingerprint density at radius 3 is 2.00 bits per heavy atom. The SMILES string of the molecule is CCC(=O)CP(=O)(OCCO)OCCO. The summed E-state index contributed by atoms with van der Waals surface area (Å²) in [6.45, 7) is 0.740. The second-order valence-electron chi connectivity index (χ2n) is 2.77.